The Morgan fingerprint density at radius 1 is 1.24 bits per heavy atom. The van der Waals surface area contributed by atoms with E-state index < -0.39 is 5.91 Å². The van der Waals surface area contributed by atoms with Gasteiger partial charge < -0.3 is 20.9 Å². The molecule has 0 aliphatic carbocycles. The summed E-state index contributed by atoms with van der Waals surface area (Å²) in [5, 5.41) is 6.79. The number of amides is 3. The molecule has 3 N–H and O–H groups in total. The van der Waals surface area contributed by atoms with E-state index >= 15 is 0 Å². The monoisotopic (exact) mass is 342 g/mol. The minimum Gasteiger partial charge on any atom is -0.368 e. The molecule has 132 valence electrons. The number of urea groups is 1. The van der Waals surface area contributed by atoms with E-state index in [-0.39, 0.29) is 12.6 Å². The lowest BCUT2D eigenvalue weighted by atomic mass is 10.2. The first kappa shape index (κ1) is 16.8. The van der Waals surface area contributed by atoms with Crippen molar-refractivity contribution in [1.82, 2.24) is 14.7 Å². The van der Waals surface area contributed by atoms with Gasteiger partial charge in [-0.15, -0.1) is 0 Å². The molecule has 0 bridgehead atoms. The molecule has 0 unspecified atom stereocenters. The third kappa shape index (κ3) is 4.28. The molecular weight excluding hydrogens is 320 g/mol. The molecule has 1 aromatic heterocycles. The summed E-state index contributed by atoms with van der Waals surface area (Å²) in [5.74, 6) is -0.478. The highest BCUT2D eigenvalue weighted by Crippen LogP contribution is 2.18. The van der Waals surface area contributed by atoms with Crippen molar-refractivity contribution in [2.75, 3.05) is 36.4 Å². The lowest BCUT2D eigenvalue weighted by molar-refractivity contribution is -0.118. The fraction of sp³-hybridized carbons (Fsp3) is 0.353. The van der Waals surface area contributed by atoms with Crippen molar-refractivity contribution in [3.8, 4) is 0 Å². The molecule has 1 fully saturated rings. The summed E-state index contributed by atoms with van der Waals surface area (Å²) < 4.78 is 1.40. The Bertz CT molecular complexity index is 764. The Morgan fingerprint density at radius 3 is 2.68 bits per heavy atom. The molecule has 3 amide bonds. The van der Waals surface area contributed by atoms with Gasteiger partial charge in [0.2, 0.25) is 5.91 Å². The molecule has 25 heavy (non-hydrogen) atoms. The molecule has 8 nitrogen and oxygen atoms in total. The van der Waals surface area contributed by atoms with Crippen LogP contribution in [0.25, 0.3) is 0 Å². The third-order valence-electron chi connectivity index (χ3n) is 4.14. The number of carbonyl (C=O) groups excluding carboxylic acids is 2. The predicted molar refractivity (Wildman–Crippen MR) is 95.4 cm³/mol. The number of hydrogen-bond donors (Lipinski definition) is 2. The van der Waals surface area contributed by atoms with E-state index in [9.17, 15) is 9.59 Å². The second-order valence-corrected chi connectivity index (χ2v) is 6.14. The molecule has 0 radical (unpaired) electrons. The van der Waals surface area contributed by atoms with Crippen molar-refractivity contribution >= 4 is 23.3 Å². The normalized spacial score (nSPS) is 14.4. The number of primary amides is 1. The number of hydrogen-bond acceptors (Lipinski definition) is 4. The zero-order valence-electron chi connectivity index (χ0n) is 14.2. The van der Waals surface area contributed by atoms with Gasteiger partial charge in [-0.1, -0.05) is 12.1 Å². The van der Waals surface area contributed by atoms with E-state index in [0.29, 0.717) is 18.8 Å². The average molecular weight is 342 g/mol. The van der Waals surface area contributed by atoms with Crippen LogP contribution in [0, 0.1) is 6.92 Å². The first-order chi connectivity index (χ1) is 12.0. The first-order valence-corrected chi connectivity index (χ1v) is 8.19. The predicted octanol–water partition coefficient (Wildman–Crippen LogP) is 1.03. The first-order valence-electron chi connectivity index (χ1n) is 8.19. The van der Waals surface area contributed by atoms with Crippen LogP contribution >= 0.6 is 0 Å². The lowest BCUT2D eigenvalue weighted by Gasteiger charge is -2.36. The largest absolute Gasteiger partial charge is 0.368 e. The van der Waals surface area contributed by atoms with Crippen LogP contribution in [-0.2, 0) is 11.3 Å². The summed E-state index contributed by atoms with van der Waals surface area (Å²) in [6.45, 7) is 4.94. The maximum Gasteiger partial charge on any atom is 0.322 e. The zero-order chi connectivity index (χ0) is 17.8. The lowest BCUT2D eigenvalue weighted by Crippen LogP contribution is -2.50. The van der Waals surface area contributed by atoms with Gasteiger partial charge in [0.1, 0.15) is 6.54 Å². The summed E-state index contributed by atoms with van der Waals surface area (Å²) in [6, 6.07) is 8.21. The van der Waals surface area contributed by atoms with E-state index in [4.69, 9.17) is 5.73 Å². The van der Waals surface area contributed by atoms with Crippen LogP contribution in [0.15, 0.2) is 36.7 Å². The maximum absolute atomic E-state index is 12.4. The second-order valence-electron chi connectivity index (χ2n) is 6.14. The molecule has 1 aromatic carbocycles. The Hall–Kier alpha value is -3.03. The Morgan fingerprint density at radius 2 is 2.00 bits per heavy atom. The van der Waals surface area contributed by atoms with Gasteiger partial charge in [0.25, 0.3) is 0 Å². The average Bonchev–Trinajstić information content (AvgIpc) is 3.01. The highest BCUT2D eigenvalue weighted by Gasteiger charge is 2.21. The van der Waals surface area contributed by atoms with Crippen molar-refractivity contribution in [2.24, 2.45) is 5.73 Å². The van der Waals surface area contributed by atoms with Gasteiger partial charge in [-0.25, -0.2) is 4.79 Å². The zero-order valence-corrected chi connectivity index (χ0v) is 14.2. The van der Waals surface area contributed by atoms with Crippen LogP contribution < -0.4 is 16.0 Å². The molecule has 0 spiro atoms. The van der Waals surface area contributed by atoms with Crippen molar-refractivity contribution in [3.63, 3.8) is 0 Å². The van der Waals surface area contributed by atoms with Crippen LogP contribution in [0.3, 0.4) is 0 Å². The van der Waals surface area contributed by atoms with E-state index in [0.717, 1.165) is 13.1 Å². The Labute approximate surface area is 146 Å². The summed E-state index contributed by atoms with van der Waals surface area (Å²) in [7, 11) is 0. The van der Waals surface area contributed by atoms with Crippen molar-refractivity contribution in [3.05, 3.63) is 42.2 Å². The van der Waals surface area contributed by atoms with E-state index in [2.05, 4.69) is 40.4 Å². The van der Waals surface area contributed by atoms with Gasteiger partial charge in [-0.2, -0.15) is 5.10 Å². The van der Waals surface area contributed by atoms with Crippen LogP contribution in [0.4, 0.5) is 16.2 Å². The molecule has 1 aliphatic heterocycles. The third-order valence-corrected chi connectivity index (χ3v) is 4.14. The standard InChI is InChI=1S/C17H22N6O2/c1-13-3-2-4-15(9-13)21-5-7-22(8-6-21)17(25)20-14-10-19-23(11-14)12-16(18)24/h2-4,9-11H,5-8,12H2,1H3,(H2,18,24)(H,20,25). The topological polar surface area (TPSA) is 96.5 Å². The molecular formula is C17H22N6O2. The molecule has 0 saturated carbocycles. The van der Waals surface area contributed by atoms with E-state index in [1.807, 2.05) is 6.07 Å². The Balaban J connectivity index is 1.53. The minimum absolute atomic E-state index is 0.00889. The summed E-state index contributed by atoms with van der Waals surface area (Å²) in [6.07, 6.45) is 3.09. The fourth-order valence-corrected chi connectivity index (χ4v) is 2.87. The number of nitrogens with two attached hydrogens (primary N) is 1. The van der Waals surface area contributed by atoms with Gasteiger partial charge >= 0.3 is 6.03 Å². The van der Waals surface area contributed by atoms with Crippen molar-refractivity contribution in [1.29, 1.82) is 0 Å². The van der Waals surface area contributed by atoms with Crippen LogP contribution in [0.1, 0.15) is 5.56 Å². The van der Waals surface area contributed by atoms with Crippen LogP contribution in [-0.4, -0.2) is 52.8 Å². The number of aromatic nitrogens is 2. The number of aryl methyl sites for hydroxylation is 1. The van der Waals surface area contributed by atoms with Crippen LogP contribution in [0.2, 0.25) is 0 Å². The van der Waals surface area contributed by atoms with E-state index in [1.54, 1.807) is 11.1 Å². The number of nitrogens with one attached hydrogen (secondary N) is 1. The number of piperazine rings is 1. The molecule has 0 atom stereocenters. The molecule has 1 aliphatic rings. The fourth-order valence-electron chi connectivity index (χ4n) is 2.87. The van der Waals surface area contributed by atoms with Crippen molar-refractivity contribution < 1.29 is 9.59 Å². The Kier molecular flexibility index (Phi) is 4.87. The van der Waals surface area contributed by atoms with E-state index in [1.165, 1.54) is 22.1 Å². The van der Waals surface area contributed by atoms with Gasteiger partial charge in [-0.05, 0) is 24.6 Å². The van der Waals surface area contributed by atoms with Gasteiger partial charge in [0.15, 0.2) is 0 Å². The molecule has 1 saturated heterocycles. The SMILES string of the molecule is Cc1cccc(N2CCN(C(=O)Nc3cnn(CC(N)=O)c3)CC2)c1. The highest BCUT2D eigenvalue weighted by molar-refractivity contribution is 5.89. The van der Waals surface area contributed by atoms with Gasteiger partial charge in [0, 0.05) is 38.1 Å². The number of benzene rings is 1. The minimum atomic E-state index is -0.478. The number of anilines is 2. The quantitative estimate of drug-likeness (QED) is 0.867. The maximum atomic E-state index is 12.4. The van der Waals surface area contributed by atoms with Gasteiger partial charge in [0.05, 0.1) is 11.9 Å². The highest BCUT2D eigenvalue weighted by atomic mass is 16.2. The summed E-state index contributed by atoms with van der Waals surface area (Å²) >= 11 is 0. The number of nitrogens with zero attached hydrogens (tertiary/aromatic N) is 4. The smallest absolute Gasteiger partial charge is 0.322 e. The van der Waals surface area contributed by atoms with Crippen LogP contribution in [0.5, 0.6) is 0 Å². The van der Waals surface area contributed by atoms with Gasteiger partial charge in [-0.3, -0.25) is 9.48 Å². The van der Waals surface area contributed by atoms with Crippen molar-refractivity contribution in [2.45, 2.75) is 13.5 Å². The second kappa shape index (κ2) is 7.25. The number of carbonyl (C=O) groups is 2. The molecule has 3 rings (SSSR count). The molecule has 2 aromatic rings. The molecule has 8 heteroatoms. The number of rotatable bonds is 4. The summed E-state index contributed by atoms with van der Waals surface area (Å²) in [5.41, 5.74) is 8.09. The molecule has 2 heterocycles. The summed E-state index contributed by atoms with van der Waals surface area (Å²) in [4.78, 5) is 27.3.